The lowest BCUT2D eigenvalue weighted by Gasteiger charge is -2.24. The second-order valence-corrected chi connectivity index (χ2v) is 17.6. The molecule has 3 aromatic carbocycles. The summed E-state index contributed by atoms with van der Waals surface area (Å²) in [5.74, 6) is -9.70. The minimum absolute atomic E-state index is 0.0555. The van der Waals surface area contributed by atoms with Crippen LogP contribution >= 0.6 is 11.6 Å². The van der Waals surface area contributed by atoms with E-state index in [0.717, 1.165) is 22.8 Å². The lowest BCUT2D eigenvalue weighted by molar-refractivity contribution is -0.141. The summed E-state index contributed by atoms with van der Waals surface area (Å²) in [6.45, 7) is 0.601. The van der Waals surface area contributed by atoms with Gasteiger partial charge in [0.25, 0.3) is 17.9 Å². The lowest BCUT2D eigenvalue weighted by atomic mass is 10.0. The van der Waals surface area contributed by atoms with Crippen LogP contribution in [0.4, 0.5) is 45.3 Å². The highest BCUT2D eigenvalue weighted by molar-refractivity contribution is 7.92. The van der Waals surface area contributed by atoms with Crippen LogP contribution in [0.25, 0.3) is 38.9 Å². The molecule has 2 N–H and O–H groups in total. The van der Waals surface area contributed by atoms with Gasteiger partial charge in [0.1, 0.15) is 48.2 Å². The van der Waals surface area contributed by atoms with Crippen LogP contribution in [0.3, 0.4) is 0 Å². The average Bonchev–Trinajstić information content (AvgIpc) is 3.74. The molecule has 4 aromatic heterocycles. The van der Waals surface area contributed by atoms with Gasteiger partial charge in [0, 0.05) is 40.9 Å². The molecule has 0 saturated heterocycles. The van der Waals surface area contributed by atoms with Gasteiger partial charge in [-0.25, -0.2) is 32.5 Å². The molecule has 24 heteroatoms. The number of amides is 1. The normalized spacial score (nSPS) is 17.3. The molecular weight excluding hydrogens is 931 g/mol. The Labute approximate surface area is 374 Å². The first-order chi connectivity index (χ1) is 31.1. The molecule has 2 aliphatic rings. The van der Waals surface area contributed by atoms with Crippen LogP contribution in [-0.2, 0) is 41.6 Å². The molecule has 7 aromatic rings. The Hall–Kier alpha value is -6.20. The van der Waals surface area contributed by atoms with Crippen LogP contribution < -0.4 is 15.6 Å². The van der Waals surface area contributed by atoms with Crippen molar-refractivity contribution in [3.8, 4) is 17.1 Å². The van der Waals surface area contributed by atoms with Crippen molar-refractivity contribution >= 4 is 56.5 Å². The second-order valence-electron chi connectivity index (χ2n) is 16.1. The highest BCUT2D eigenvalue weighted by Gasteiger charge is 2.67. The molecule has 0 aliphatic heterocycles. The predicted octanol–water partition coefficient (Wildman–Crippen LogP) is 8.45. The second kappa shape index (κ2) is 16.3. The zero-order valence-electron chi connectivity index (χ0n) is 34.3. The molecule has 4 atom stereocenters. The summed E-state index contributed by atoms with van der Waals surface area (Å²) in [4.78, 5) is 43.0. The predicted molar refractivity (Wildman–Crippen MR) is 223 cm³/mol. The van der Waals surface area contributed by atoms with Gasteiger partial charge in [0.2, 0.25) is 11.7 Å². The van der Waals surface area contributed by atoms with Gasteiger partial charge >= 0.3 is 6.18 Å². The molecule has 0 radical (unpaired) electrons. The van der Waals surface area contributed by atoms with Gasteiger partial charge in [-0.2, -0.15) is 31.8 Å². The van der Waals surface area contributed by atoms with E-state index in [-0.39, 0.29) is 56.2 Å². The minimum Gasteiger partial charge on any atom is -0.593 e. The summed E-state index contributed by atoms with van der Waals surface area (Å²) < 4.78 is 149. The topological polar surface area (TPSA) is 160 Å². The quantitative estimate of drug-likeness (QED) is 0.0905. The standard InChI is InChI=1S/C42H32ClF9N10O3S/c1-17-8-18(2)54-37(53-17)20-4-5-23-27(12-20)56-39(62(40(23)64)29-7-6-26(43)32-34(29)61(16-41(48,49)50)58-38(32)59-66(3)65)28(11-19-9-21(44)13-22(45)10-19)55-30(63)15-60-35-31(33(57-60)36(46)47)24-14-25(24)42(35,51)52/h4-10,12-13,24-25,28,36H,11,14-16H2,1-3H3,(H,55,63)(H,58,59). The van der Waals surface area contributed by atoms with Crippen molar-refractivity contribution in [2.24, 2.45) is 5.92 Å². The minimum atomic E-state index is -4.94. The maximum atomic E-state index is 15.6. The third kappa shape index (κ3) is 8.20. The number of benzene rings is 3. The van der Waals surface area contributed by atoms with E-state index in [0.29, 0.717) is 32.4 Å². The molecule has 344 valence electrons. The first-order valence-corrected chi connectivity index (χ1v) is 21.8. The van der Waals surface area contributed by atoms with E-state index in [1.807, 2.05) is 0 Å². The van der Waals surface area contributed by atoms with E-state index in [2.05, 4.69) is 30.2 Å². The molecule has 4 unspecified atom stereocenters. The summed E-state index contributed by atoms with van der Waals surface area (Å²) in [6.07, 6.45) is -7.69. The Bertz CT molecular complexity index is 3150. The van der Waals surface area contributed by atoms with Gasteiger partial charge in [-0.05, 0) is 74.2 Å². The Morgan fingerprint density at radius 3 is 2.33 bits per heavy atom. The van der Waals surface area contributed by atoms with Crippen LogP contribution in [0.5, 0.6) is 0 Å². The Balaban J connectivity index is 1.29. The first-order valence-electron chi connectivity index (χ1n) is 19.8. The van der Waals surface area contributed by atoms with Crippen LogP contribution in [0.1, 0.15) is 64.5 Å². The molecule has 0 bridgehead atoms. The number of nitrogens with zero attached hydrogens (tertiary/aromatic N) is 8. The van der Waals surface area contributed by atoms with Gasteiger partial charge in [0.05, 0.1) is 49.9 Å². The molecule has 2 aliphatic carbocycles. The van der Waals surface area contributed by atoms with Gasteiger partial charge in [-0.1, -0.05) is 17.7 Å². The smallest absolute Gasteiger partial charge is 0.408 e. The molecule has 66 heavy (non-hydrogen) atoms. The number of rotatable bonds is 12. The van der Waals surface area contributed by atoms with Crippen molar-refractivity contribution in [2.45, 2.75) is 70.3 Å². The maximum absolute atomic E-state index is 15.6. The molecule has 1 amide bonds. The average molecular weight is 963 g/mol. The van der Waals surface area contributed by atoms with Crippen LogP contribution in [0.2, 0.25) is 5.02 Å². The number of hydrogen-bond acceptors (Lipinski definition) is 9. The maximum Gasteiger partial charge on any atom is 0.408 e. The van der Waals surface area contributed by atoms with E-state index < -0.39 is 113 Å². The number of fused-ring (bicyclic) bond motifs is 5. The molecule has 13 nitrogen and oxygen atoms in total. The van der Waals surface area contributed by atoms with Crippen molar-refractivity contribution in [3.05, 3.63) is 121 Å². The molecular formula is C42H32ClF9N10O3S. The Morgan fingerprint density at radius 2 is 1.68 bits per heavy atom. The highest BCUT2D eigenvalue weighted by atomic mass is 35.5. The van der Waals surface area contributed by atoms with Crippen molar-refractivity contribution < 1.29 is 48.9 Å². The Kier molecular flexibility index (Phi) is 11.1. The number of aryl methyl sites for hydroxylation is 2. The first kappa shape index (κ1) is 45.0. The number of carbonyl (C=O) groups is 1. The number of alkyl halides is 7. The van der Waals surface area contributed by atoms with Gasteiger partial charge in [-0.15, -0.1) is 5.10 Å². The lowest BCUT2D eigenvalue weighted by Crippen LogP contribution is -2.38. The van der Waals surface area contributed by atoms with E-state index in [9.17, 15) is 40.1 Å². The van der Waals surface area contributed by atoms with E-state index in [4.69, 9.17) is 16.6 Å². The van der Waals surface area contributed by atoms with Crippen molar-refractivity contribution in [1.29, 1.82) is 0 Å². The highest BCUT2D eigenvalue weighted by Crippen LogP contribution is 2.68. The number of anilines is 1. The molecule has 1 fully saturated rings. The summed E-state index contributed by atoms with van der Waals surface area (Å²) >= 11 is 4.66. The van der Waals surface area contributed by atoms with Crippen molar-refractivity contribution in [3.63, 3.8) is 0 Å². The van der Waals surface area contributed by atoms with Crippen molar-refractivity contribution in [1.82, 2.24) is 44.4 Å². The number of carbonyl (C=O) groups excluding carboxylic acids is 1. The summed E-state index contributed by atoms with van der Waals surface area (Å²) in [6, 6.07) is 9.00. The third-order valence-corrected chi connectivity index (χ3v) is 12.0. The third-order valence-electron chi connectivity index (χ3n) is 11.2. The fraction of sp³-hybridized carbons (Fsp3) is 0.310. The summed E-state index contributed by atoms with van der Waals surface area (Å²) in [5.41, 5.74) is -2.60. The number of halogens is 10. The van der Waals surface area contributed by atoms with Crippen LogP contribution in [0.15, 0.2) is 59.4 Å². The van der Waals surface area contributed by atoms with Gasteiger partial charge < -0.3 is 9.87 Å². The molecule has 4 heterocycles. The van der Waals surface area contributed by atoms with Gasteiger partial charge in [-0.3, -0.25) is 23.5 Å². The van der Waals surface area contributed by atoms with E-state index >= 15 is 13.6 Å². The van der Waals surface area contributed by atoms with Crippen LogP contribution in [0, 0.1) is 31.4 Å². The molecule has 9 rings (SSSR count). The number of nitrogens with one attached hydrogen (secondary N) is 2. The van der Waals surface area contributed by atoms with Crippen LogP contribution in [-0.4, -0.2) is 62.0 Å². The zero-order chi connectivity index (χ0) is 47.3. The zero-order valence-corrected chi connectivity index (χ0v) is 35.9. The van der Waals surface area contributed by atoms with Gasteiger partial charge in [0.15, 0.2) is 5.82 Å². The Morgan fingerprint density at radius 1 is 0.985 bits per heavy atom. The number of hydrogen-bond donors (Lipinski definition) is 2. The van der Waals surface area contributed by atoms with E-state index in [1.165, 1.54) is 30.5 Å². The fourth-order valence-electron chi connectivity index (χ4n) is 8.72. The monoisotopic (exact) mass is 962 g/mol. The largest absolute Gasteiger partial charge is 0.593 e. The fourth-order valence-corrected chi connectivity index (χ4v) is 9.38. The SMILES string of the molecule is Cc1cc(C)nc(-c2ccc3c(=O)n(-c4ccc(Cl)c5c(N[S+](C)[O-])nn(CC(F)(F)F)c45)c(C(Cc4cc(F)cc(F)c4)NC(=O)Cn4nc(C(F)F)c5c4C(F)(F)C4CC54)nc3c2)n1. The molecule has 0 spiro atoms. The summed E-state index contributed by atoms with van der Waals surface area (Å²) in [5, 5.41) is 9.72. The van der Waals surface area contributed by atoms with E-state index in [1.54, 1.807) is 19.9 Å². The molecule has 1 saturated carbocycles. The number of aromatic nitrogens is 8. The summed E-state index contributed by atoms with van der Waals surface area (Å²) in [7, 11) is 0. The van der Waals surface area contributed by atoms with Crippen molar-refractivity contribution in [2.75, 3.05) is 11.0 Å².